The van der Waals surface area contributed by atoms with E-state index in [1.54, 1.807) is 20.8 Å². The number of hydrogen-bond acceptors (Lipinski definition) is 6. The molecule has 0 N–H and O–H groups in total. The standard InChI is InChI=1S/C12H21ClO6Si/c1-4-7-10(14)17-20(13,18-11(15)8-5-2)19-12(16)9-6-3/h4-9H2,1-3H3. The Balaban J connectivity index is 4.77. The zero-order valence-electron chi connectivity index (χ0n) is 12.1. The first-order chi connectivity index (χ1) is 9.36. The highest BCUT2D eigenvalue weighted by atomic mass is 35.6. The van der Waals surface area contributed by atoms with E-state index in [0.717, 1.165) is 0 Å². The molecule has 0 aromatic rings. The minimum absolute atomic E-state index is 0.109. The molecule has 0 aliphatic rings. The minimum atomic E-state index is -4.13. The quantitative estimate of drug-likeness (QED) is 0.479. The summed E-state index contributed by atoms with van der Waals surface area (Å²) >= 11 is 5.94. The Morgan fingerprint density at radius 1 is 0.750 bits per heavy atom. The van der Waals surface area contributed by atoms with Crippen LogP contribution in [0.4, 0.5) is 0 Å². The molecule has 0 fully saturated rings. The van der Waals surface area contributed by atoms with Crippen molar-refractivity contribution < 1.29 is 27.7 Å². The van der Waals surface area contributed by atoms with E-state index in [2.05, 4.69) is 0 Å². The van der Waals surface area contributed by atoms with Gasteiger partial charge in [-0.1, -0.05) is 20.8 Å². The van der Waals surface area contributed by atoms with Crippen molar-refractivity contribution in [2.24, 2.45) is 0 Å². The third-order valence-electron chi connectivity index (χ3n) is 2.07. The van der Waals surface area contributed by atoms with E-state index in [4.69, 9.17) is 24.4 Å². The Bertz CT molecular complexity index is 297. The van der Waals surface area contributed by atoms with E-state index >= 15 is 0 Å². The van der Waals surface area contributed by atoms with Gasteiger partial charge in [0.2, 0.25) is 0 Å². The van der Waals surface area contributed by atoms with E-state index in [1.165, 1.54) is 0 Å². The van der Waals surface area contributed by atoms with Gasteiger partial charge in [-0.05, 0) is 30.3 Å². The summed E-state index contributed by atoms with van der Waals surface area (Å²) in [5.41, 5.74) is 0. The molecule has 0 aromatic heterocycles. The lowest BCUT2D eigenvalue weighted by Crippen LogP contribution is -2.45. The van der Waals surface area contributed by atoms with Crippen LogP contribution in [0.2, 0.25) is 0 Å². The molecule has 0 spiro atoms. The average molecular weight is 325 g/mol. The Labute approximate surface area is 124 Å². The van der Waals surface area contributed by atoms with E-state index in [-0.39, 0.29) is 19.3 Å². The van der Waals surface area contributed by atoms with Crippen LogP contribution < -0.4 is 0 Å². The van der Waals surface area contributed by atoms with Crippen molar-refractivity contribution in [1.82, 2.24) is 0 Å². The first kappa shape index (κ1) is 18.9. The molecule has 0 atom stereocenters. The maximum absolute atomic E-state index is 11.5. The highest BCUT2D eigenvalue weighted by molar-refractivity contribution is 7.10. The first-order valence-corrected chi connectivity index (χ1v) is 9.44. The van der Waals surface area contributed by atoms with Crippen molar-refractivity contribution in [2.45, 2.75) is 59.3 Å². The molecule has 6 nitrogen and oxygen atoms in total. The molecule has 116 valence electrons. The van der Waals surface area contributed by atoms with Crippen LogP contribution in [0.5, 0.6) is 0 Å². The molecule has 20 heavy (non-hydrogen) atoms. The second kappa shape index (κ2) is 9.76. The highest BCUT2D eigenvalue weighted by Gasteiger charge is 2.52. The van der Waals surface area contributed by atoms with Crippen LogP contribution >= 0.6 is 11.1 Å². The summed E-state index contributed by atoms with van der Waals surface area (Å²) in [6, 6.07) is 0. The summed E-state index contributed by atoms with van der Waals surface area (Å²) in [5.74, 6) is -1.95. The lowest BCUT2D eigenvalue weighted by molar-refractivity contribution is -0.148. The minimum Gasteiger partial charge on any atom is -0.443 e. The lowest BCUT2D eigenvalue weighted by Gasteiger charge is -2.21. The number of hydrogen-bond donors (Lipinski definition) is 0. The molecule has 0 aliphatic heterocycles. The third kappa shape index (κ3) is 8.16. The van der Waals surface area contributed by atoms with Gasteiger partial charge in [-0.25, -0.2) is 0 Å². The van der Waals surface area contributed by atoms with Crippen molar-refractivity contribution in [3.05, 3.63) is 0 Å². The van der Waals surface area contributed by atoms with Gasteiger partial charge in [0.1, 0.15) is 0 Å². The third-order valence-corrected chi connectivity index (χ3v) is 4.18. The highest BCUT2D eigenvalue weighted by Crippen LogP contribution is 2.19. The van der Waals surface area contributed by atoms with Crippen molar-refractivity contribution in [3.63, 3.8) is 0 Å². The van der Waals surface area contributed by atoms with Crippen LogP contribution in [0, 0.1) is 0 Å². The van der Waals surface area contributed by atoms with Gasteiger partial charge in [0.05, 0.1) is 0 Å². The summed E-state index contributed by atoms with van der Waals surface area (Å²) in [6.45, 7) is 5.35. The molecule has 0 heterocycles. The molecule has 0 amide bonds. The largest absolute Gasteiger partial charge is 0.823 e. The second-order valence-electron chi connectivity index (χ2n) is 4.15. The Morgan fingerprint density at radius 2 is 1.00 bits per heavy atom. The van der Waals surface area contributed by atoms with Gasteiger partial charge < -0.3 is 13.3 Å². The molecular formula is C12H21ClO6Si. The number of halogens is 1. The van der Waals surface area contributed by atoms with Crippen LogP contribution in [0.1, 0.15) is 59.3 Å². The van der Waals surface area contributed by atoms with Gasteiger partial charge in [-0.15, -0.1) is 0 Å². The van der Waals surface area contributed by atoms with Crippen molar-refractivity contribution in [3.8, 4) is 0 Å². The molecule has 0 saturated carbocycles. The summed E-state index contributed by atoms with van der Waals surface area (Å²) in [6.07, 6.45) is 1.97. The topological polar surface area (TPSA) is 78.9 Å². The van der Waals surface area contributed by atoms with Gasteiger partial charge in [0.15, 0.2) is 0 Å². The van der Waals surface area contributed by atoms with Gasteiger partial charge in [-0.2, -0.15) is 0 Å². The average Bonchev–Trinajstić information content (AvgIpc) is 2.28. The van der Waals surface area contributed by atoms with Gasteiger partial charge >= 0.3 is 8.11 Å². The molecule has 0 saturated heterocycles. The fourth-order valence-corrected chi connectivity index (χ4v) is 3.26. The van der Waals surface area contributed by atoms with E-state index in [1.807, 2.05) is 0 Å². The van der Waals surface area contributed by atoms with Crippen molar-refractivity contribution in [1.29, 1.82) is 0 Å². The zero-order valence-corrected chi connectivity index (χ0v) is 13.8. The van der Waals surface area contributed by atoms with Gasteiger partial charge in [-0.3, -0.25) is 14.4 Å². The molecule has 0 aromatic carbocycles. The van der Waals surface area contributed by atoms with Crippen LogP contribution in [-0.2, 0) is 27.7 Å². The fourth-order valence-electron chi connectivity index (χ4n) is 1.24. The molecule has 8 heteroatoms. The lowest BCUT2D eigenvalue weighted by atomic mass is 10.3. The summed E-state index contributed by atoms with van der Waals surface area (Å²) in [5, 5.41) is 0. The SMILES string of the molecule is CCCC(=O)O[Si](Cl)(OC(=O)CCC)OC(=O)CCC. The number of carbonyl (C=O) groups is 3. The molecule has 0 rings (SSSR count). The molecular weight excluding hydrogens is 304 g/mol. The Hall–Kier alpha value is -1.08. The van der Waals surface area contributed by atoms with Gasteiger partial charge in [0.25, 0.3) is 17.9 Å². The van der Waals surface area contributed by atoms with Crippen molar-refractivity contribution >= 4 is 37.1 Å². The van der Waals surface area contributed by atoms with Gasteiger partial charge in [0, 0.05) is 19.3 Å². The Morgan fingerprint density at radius 3 is 1.20 bits per heavy atom. The van der Waals surface area contributed by atoms with E-state index in [9.17, 15) is 14.4 Å². The maximum atomic E-state index is 11.5. The normalized spacial score (nSPS) is 10.8. The fraction of sp³-hybridized carbons (Fsp3) is 0.750. The zero-order chi connectivity index (χ0) is 15.6. The number of carbonyl (C=O) groups excluding carboxylic acids is 3. The van der Waals surface area contributed by atoms with Crippen LogP contribution in [0.15, 0.2) is 0 Å². The second-order valence-corrected chi connectivity index (χ2v) is 7.12. The monoisotopic (exact) mass is 324 g/mol. The molecule has 0 unspecified atom stereocenters. The van der Waals surface area contributed by atoms with Crippen LogP contribution in [0.3, 0.4) is 0 Å². The molecule has 0 bridgehead atoms. The number of rotatable bonds is 9. The van der Waals surface area contributed by atoms with E-state index < -0.39 is 26.0 Å². The maximum Gasteiger partial charge on any atom is 0.823 e. The van der Waals surface area contributed by atoms with Crippen LogP contribution in [-0.4, -0.2) is 26.0 Å². The molecule has 0 radical (unpaired) electrons. The first-order valence-electron chi connectivity index (χ1n) is 6.71. The molecule has 0 aliphatic carbocycles. The van der Waals surface area contributed by atoms with Crippen molar-refractivity contribution in [2.75, 3.05) is 0 Å². The smallest absolute Gasteiger partial charge is 0.443 e. The predicted octanol–water partition coefficient (Wildman–Crippen LogP) is 2.69. The van der Waals surface area contributed by atoms with Crippen LogP contribution in [0.25, 0.3) is 0 Å². The summed E-state index contributed by atoms with van der Waals surface area (Å²) < 4.78 is 14.7. The summed E-state index contributed by atoms with van der Waals surface area (Å²) in [4.78, 5) is 34.4. The predicted molar refractivity (Wildman–Crippen MR) is 74.6 cm³/mol. The Kier molecular flexibility index (Phi) is 9.23. The summed E-state index contributed by atoms with van der Waals surface area (Å²) in [7, 11) is -4.13. The van der Waals surface area contributed by atoms with E-state index in [0.29, 0.717) is 19.3 Å².